The summed E-state index contributed by atoms with van der Waals surface area (Å²) in [6.45, 7) is 6.38. The number of carbonyl (C=O) groups is 2. The van der Waals surface area contributed by atoms with Gasteiger partial charge in [-0.3, -0.25) is 9.59 Å². The standard InChI is InChI=1S/C17H32ClNO2S/c1-4-5-9-16(18)10-7-6-8-14(2)13-17(21)22-12-11-19-15(3)20/h14,16H,4-13H2,1-3H3,(H,19,20). The van der Waals surface area contributed by atoms with Crippen LogP contribution in [0.3, 0.4) is 0 Å². The van der Waals surface area contributed by atoms with E-state index in [4.69, 9.17) is 11.6 Å². The maximum absolute atomic E-state index is 11.8. The number of amides is 1. The van der Waals surface area contributed by atoms with Gasteiger partial charge in [-0.2, -0.15) is 0 Å². The van der Waals surface area contributed by atoms with Gasteiger partial charge < -0.3 is 5.32 Å². The molecule has 0 fully saturated rings. The first-order chi connectivity index (χ1) is 10.5. The van der Waals surface area contributed by atoms with Gasteiger partial charge in [0.25, 0.3) is 0 Å². The first-order valence-electron chi connectivity index (χ1n) is 8.49. The fraction of sp³-hybridized carbons (Fsp3) is 0.882. The summed E-state index contributed by atoms with van der Waals surface area (Å²) in [5, 5.41) is 3.25. The highest BCUT2D eigenvalue weighted by Gasteiger charge is 2.10. The van der Waals surface area contributed by atoms with Crippen LogP contribution in [0.2, 0.25) is 0 Å². The number of thioether (sulfide) groups is 1. The predicted octanol–water partition coefficient (Wildman–Crippen LogP) is 4.77. The number of hydrogen-bond acceptors (Lipinski definition) is 3. The zero-order valence-corrected chi connectivity index (χ0v) is 15.9. The van der Waals surface area contributed by atoms with Crippen molar-refractivity contribution in [3.05, 3.63) is 0 Å². The Kier molecular flexibility index (Phi) is 14.2. The number of rotatable bonds is 13. The van der Waals surface area contributed by atoms with Gasteiger partial charge in [-0.15, -0.1) is 11.6 Å². The summed E-state index contributed by atoms with van der Waals surface area (Å²) in [7, 11) is 0. The summed E-state index contributed by atoms with van der Waals surface area (Å²) in [5.74, 6) is 1.05. The fourth-order valence-electron chi connectivity index (χ4n) is 2.27. The smallest absolute Gasteiger partial charge is 0.216 e. The molecule has 2 unspecified atom stereocenters. The van der Waals surface area contributed by atoms with Crippen molar-refractivity contribution in [1.82, 2.24) is 5.32 Å². The van der Waals surface area contributed by atoms with E-state index >= 15 is 0 Å². The maximum Gasteiger partial charge on any atom is 0.216 e. The highest BCUT2D eigenvalue weighted by molar-refractivity contribution is 8.13. The second kappa shape index (κ2) is 14.4. The van der Waals surface area contributed by atoms with Gasteiger partial charge in [-0.1, -0.05) is 57.7 Å². The summed E-state index contributed by atoms with van der Waals surface area (Å²) >= 11 is 7.59. The van der Waals surface area contributed by atoms with Gasteiger partial charge in [0.2, 0.25) is 5.91 Å². The third-order valence-corrected chi connectivity index (χ3v) is 4.92. The van der Waals surface area contributed by atoms with Crippen molar-refractivity contribution in [2.75, 3.05) is 12.3 Å². The molecule has 130 valence electrons. The SMILES string of the molecule is CCCCC(Cl)CCCCC(C)CC(=O)SCCNC(C)=O. The van der Waals surface area contributed by atoms with Gasteiger partial charge in [0.05, 0.1) is 0 Å². The Morgan fingerprint density at radius 2 is 1.77 bits per heavy atom. The lowest BCUT2D eigenvalue weighted by atomic mass is 9.99. The van der Waals surface area contributed by atoms with Crippen molar-refractivity contribution in [3.8, 4) is 0 Å². The molecule has 0 heterocycles. The summed E-state index contributed by atoms with van der Waals surface area (Å²) in [6, 6.07) is 0. The molecule has 0 saturated carbocycles. The fourth-order valence-corrected chi connectivity index (χ4v) is 3.41. The zero-order chi connectivity index (χ0) is 16.8. The van der Waals surface area contributed by atoms with E-state index in [-0.39, 0.29) is 11.0 Å². The first kappa shape index (κ1) is 21.8. The Morgan fingerprint density at radius 1 is 1.14 bits per heavy atom. The van der Waals surface area contributed by atoms with Gasteiger partial charge >= 0.3 is 0 Å². The maximum atomic E-state index is 11.8. The van der Waals surface area contributed by atoms with E-state index in [1.807, 2.05) is 0 Å². The van der Waals surface area contributed by atoms with Crippen LogP contribution in [0.15, 0.2) is 0 Å². The second-order valence-electron chi connectivity index (χ2n) is 6.04. The van der Waals surface area contributed by atoms with Crippen LogP contribution in [-0.2, 0) is 9.59 Å². The van der Waals surface area contributed by atoms with E-state index in [1.54, 1.807) is 0 Å². The number of nitrogens with one attached hydrogen (secondary N) is 1. The van der Waals surface area contributed by atoms with Crippen molar-refractivity contribution in [1.29, 1.82) is 0 Å². The number of hydrogen-bond donors (Lipinski definition) is 1. The lowest BCUT2D eigenvalue weighted by Gasteiger charge is -2.12. The first-order valence-corrected chi connectivity index (χ1v) is 9.92. The van der Waals surface area contributed by atoms with Crippen LogP contribution < -0.4 is 5.32 Å². The summed E-state index contributed by atoms with van der Waals surface area (Å²) in [6.07, 6.45) is 8.67. The molecule has 0 bridgehead atoms. The van der Waals surface area contributed by atoms with Crippen molar-refractivity contribution < 1.29 is 9.59 Å². The van der Waals surface area contributed by atoms with Gasteiger partial charge in [-0.25, -0.2) is 0 Å². The van der Waals surface area contributed by atoms with Gasteiger partial charge in [0, 0.05) is 31.0 Å². The minimum absolute atomic E-state index is 0.0436. The molecular formula is C17H32ClNO2S. The summed E-state index contributed by atoms with van der Waals surface area (Å²) in [4.78, 5) is 22.5. The van der Waals surface area contributed by atoms with E-state index in [1.165, 1.54) is 31.5 Å². The van der Waals surface area contributed by atoms with Crippen molar-refractivity contribution in [3.63, 3.8) is 0 Å². The van der Waals surface area contributed by atoms with Crippen LogP contribution in [0, 0.1) is 5.92 Å². The van der Waals surface area contributed by atoms with E-state index < -0.39 is 0 Å². The highest BCUT2D eigenvalue weighted by atomic mass is 35.5. The Labute approximate surface area is 145 Å². The molecule has 0 aliphatic heterocycles. The quantitative estimate of drug-likeness (QED) is 0.385. The van der Waals surface area contributed by atoms with Crippen molar-refractivity contribution >= 4 is 34.4 Å². The van der Waals surface area contributed by atoms with E-state index in [0.29, 0.717) is 30.0 Å². The van der Waals surface area contributed by atoms with Crippen LogP contribution in [0.4, 0.5) is 0 Å². The minimum atomic E-state index is -0.0436. The molecule has 2 atom stereocenters. The predicted molar refractivity (Wildman–Crippen MR) is 97.6 cm³/mol. The van der Waals surface area contributed by atoms with Gasteiger partial charge in [0.15, 0.2) is 5.12 Å². The molecule has 0 aliphatic carbocycles. The number of unbranched alkanes of at least 4 members (excludes halogenated alkanes) is 2. The average molecular weight is 350 g/mol. The molecule has 0 spiro atoms. The molecular weight excluding hydrogens is 318 g/mol. The van der Waals surface area contributed by atoms with E-state index in [0.717, 1.165) is 32.1 Å². The largest absolute Gasteiger partial charge is 0.356 e. The van der Waals surface area contributed by atoms with Gasteiger partial charge in [-0.05, 0) is 18.8 Å². The normalized spacial score (nSPS) is 13.6. The molecule has 5 heteroatoms. The minimum Gasteiger partial charge on any atom is -0.356 e. The lowest BCUT2D eigenvalue weighted by Crippen LogP contribution is -2.22. The number of halogens is 1. The van der Waals surface area contributed by atoms with Crippen LogP contribution in [0.1, 0.15) is 72.1 Å². The van der Waals surface area contributed by atoms with E-state index in [2.05, 4.69) is 19.2 Å². The van der Waals surface area contributed by atoms with Crippen molar-refractivity contribution in [2.24, 2.45) is 5.92 Å². The second-order valence-corrected chi connectivity index (χ2v) is 7.81. The number of alkyl halides is 1. The molecule has 0 aromatic carbocycles. The van der Waals surface area contributed by atoms with Crippen LogP contribution in [0.5, 0.6) is 0 Å². The van der Waals surface area contributed by atoms with Crippen LogP contribution in [0.25, 0.3) is 0 Å². The third-order valence-electron chi connectivity index (χ3n) is 3.59. The Hall–Kier alpha value is -0.220. The molecule has 0 radical (unpaired) electrons. The molecule has 0 aromatic heterocycles. The van der Waals surface area contributed by atoms with Gasteiger partial charge in [0.1, 0.15) is 0 Å². The molecule has 1 N–H and O–H groups in total. The molecule has 0 aromatic rings. The third kappa shape index (κ3) is 14.7. The van der Waals surface area contributed by atoms with Crippen molar-refractivity contribution in [2.45, 2.75) is 77.5 Å². The summed E-state index contributed by atoms with van der Waals surface area (Å²) < 4.78 is 0. The van der Waals surface area contributed by atoms with Crippen LogP contribution in [-0.4, -0.2) is 28.7 Å². The monoisotopic (exact) mass is 349 g/mol. The Balaban J connectivity index is 3.53. The van der Waals surface area contributed by atoms with Crippen LogP contribution >= 0.6 is 23.4 Å². The summed E-state index contributed by atoms with van der Waals surface area (Å²) in [5.41, 5.74) is 0. The Morgan fingerprint density at radius 3 is 2.41 bits per heavy atom. The molecule has 3 nitrogen and oxygen atoms in total. The zero-order valence-electron chi connectivity index (χ0n) is 14.3. The topological polar surface area (TPSA) is 46.2 Å². The number of carbonyl (C=O) groups excluding carboxylic acids is 2. The van der Waals surface area contributed by atoms with E-state index in [9.17, 15) is 9.59 Å². The lowest BCUT2D eigenvalue weighted by molar-refractivity contribution is -0.119. The molecule has 1 amide bonds. The molecule has 0 rings (SSSR count). The highest BCUT2D eigenvalue weighted by Crippen LogP contribution is 2.20. The average Bonchev–Trinajstić information content (AvgIpc) is 2.45. The molecule has 22 heavy (non-hydrogen) atoms. The molecule has 0 aliphatic rings. The Bertz CT molecular complexity index is 313. The molecule has 0 saturated heterocycles.